The van der Waals surface area contributed by atoms with Crippen molar-refractivity contribution >= 4 is 5.69 Å². The number of benzene rings is 1. The van der Waals surface area contributed by atoms with Gasteiger partial charge in [-0.25, -0.2) is 0 Å². The monoisotopic (exact) mass is 257 g/mol. The van der Waals surface area contributed by atoms with Gasteiger partial charge in [-0.15, -0.1) is 0 Å². The lowest BCUT2D eigenvalue weighted by atomic mass is 9.91. The van der Waals surface area contributed by atoms with Crippen LogP contribution in [0.25, 0.3) is 0 Å². The molecular formula is C16H23N3. The fourth-order valence-electron chi connectivity index (χ4n) is 2.47. The molecule has 1 N–H and O–H groups in total. The summed E-state index contributed by atoms with van der Waals surface area (Å²) in [6, 6.07) is 9.21. The molecule has 0 aliphatic heterocycles. The molecule has 0 aromatic heterocycles. The molecule has 1 fully saturated rings. The van der Waals surface area contributed by atoms with Crippen LogP contribution in [0, 0.1) is 11.3 Å². The Balaban J connectivity index is 2.09. The topological polar surface area (TPSA) is 39.1 Å². The number of nitrogens with one attached hydrogen (secondary N) is 1. The molecule has 0 atom stereocenters. The van der Waals surface area contributed by atoms with Gasteiger partial charge in [-0.3, -0.25) is 0 Å². The third kappa shape index (κ3) is 3.27. The summed E-state index contributed by atoms with van der Waals surface area (Å²) in [6.45, 7) is 4.02. The van der Waals surface area contributed by atoms with Gasteiger partial charge in [0.25, 0.3) is 0 Å². The summed E-state index contributed by atoms with van der Waals surface area (Å²) in [6.07, 6.45) is 4.95. The molecule has 1 saturated carbocycles. The smallest absolute Gasteiger partial charge is 0.101 e. The predicted octanol–water partition coefficient (Wildman–Crippen LogP) is 3.05. The molecule has 3 heteroatoms. The molecule has 0 radical (unpaired) electrons. The van der Waals surface area contributed by atoms with Crippen molar-refractivity contribution in [1.82, 2.24) is 5.32 Å². The minimum atomic E-state index is 0.621. The third-order valence-corrected chi connectivity index (χ3v) is 3.94. The maximum atomic E-state index is 9.34. The summed E-state index contributed by atoms with van der Waals surface area (Å²) in [7, 11) is 2.11. The number of rotatable bonds is 6. The second-order valence-corrected chi connectivity index (χ2v) is 5.34. The Labute approximate surface area is 116 Å². The number of hydrogen-bond donors (Lipinski definition) is 1. The van der Waals surface area contributed by atoms with Crippen LogP contribution in [0.3, 0.4) is 0 Å². The molecule has 0 bridgehead atoms. The highest BCUT2D eigenvalue weighted by atomic mass is 15.1. The standard InChI is InChI=1S/C16H23N3/c1-3-9-18-12-13-7-8-16(14(10-13)11-17)19(2)15-5-4-6-15/h7-8,10,15,18H,3-6,9,12H2,1-2H3. The zero-order valence-corrected chi connectivity index (χ0v) is 11.9. The van der Waals surface area contributed by atoms with Crippen molar-refractivity contribution in [3.05, 3.63) is 29.3 Å². The minimum Gasteiger partial charge on any atom is -0.371 e. The average Bonchev–Trinajstić information content (AvgIpc) is 2.36. The highest BCUT2D eigenvalue weighted by Crippen LogP contribution is 2.30. The summed E-state index contributed by atoms with van der Waals surface area (Å²) in [5.41, 5.74) is 3.06. The van der Waals surface area contributed by atoms with Crippen molar-refractivity contribution in [3.63, 3.8) is 0 Å². The predicted molar refractivity (Wildman–Crippen MR) is 79.2 cm³/mol. The normalized spacial score (nSPS) is 14.8. The van der Waals surface area contributed by atoms with E-state index in [1.165, 1.54) is 24.8 Å². The van der Waals surface area contributed by atoms with Crippen LogP contribution in [0.1, 0.15) is 43.7 Å². The first-order chi connectivity index (χ1) is 9.26. The third-order valence-electron chi connectivity index (χ3n) is 3.94. The molecule has 2 rings (SSSR count). The Morgan fingerprint density at radius 2 is 2.21 bits per heavy atom. The van der Waals surface area contributed by atoms with Crippen LogP contribution in [0.4, 0.5) is 5.69 Å². The molecule has 0 heterocycles. The average molecular weight is 257 g/mol. The van der Waals surface area contributed by atoms with E-state index in [4.69, 9.17) is 0 Å². The van der Waals surface area contributed by atoms with E-state index in [9.17, 15) is 5.26 Å². The van der Waals surface area contributed by atoms with Crippen LogP contribution in [-0.2, 0) is 6.54 Å². The van der Waals surface area contributed by atoms with Gasteiger partial charge in [0.2, 0.25) is 0 Å². The number of nitriles is 1. The zero-order chi connectivity index (χ0) is 13.7. The van der Waals surface area contributed by atoms with Crippen molar-refractivity contribution in [3.8, 4) is 6.07 Å². The number of hydrogen-bond acceptors (Lipinski definition) is 3. The Kier molecular flexibility index (Phi) is 4.81. The van der Waals surface area contributed by atoms with Gasteiger partial charge in [0.05, 0.1) is 11.3 Å². The minimum absolute atomic E-state index is 0.621. The number of anilines is 1. The zero-order valence-electron chi connectivity index (χ0n) is 11.9. The summed E-state index contributed by atoms with van der Waals surface area (Å²) >= 11 is 0. The second kappa shape index (κ2) is 6.58. The highest BCUT2D eigenvalue weighted by Gasteiger charge is 2.23. The van der Waals surface area contributed by atoms with E-state index < -0.39 is 0 Å². The molecule has 1 aliphatic carbocycles. The first kappa shape index (κ1) is 13.9. The van der Waals surface area contributed by atoms with E-state index in [1.807, 2.05) is 6.07 Å². The summed E-state index contributed by atoms with van der Waals surface area (Å²) in [5.74, 6) is 0. The van der Waals surface area contributed by atoms with Crippen LogP contribution >= 0.6 is 0 Å². The molecule has 0 saturated heterocycles. The summed E-state index contributed by atoms with van der Waals surface area (Å²) in [5, 5.41) is 12.7. The Bertz CT molecular complexity index is 458. The molecule has 1 aromatic rings. The van der Waals surface area contributed by atoms with Gasteiger partial charge in [-0.2, -0.15) is 5.26 Å². The molecule has 0 spiro atoms. The van der Waals surface area contributed by atoms with Crippen LogP contribution in [0.2, 0.25) is 0 Å². The van der Waals surface area contributed by atoms with E-state index >= 15 is 0 Å². The van der Waals surface area contributed by atoms with Crippen LogP contribution < -0.4 is 10.2 Å². The van der Waals surface area contributed by atoms with E-state index in [0.717, 1.165) is 30.8 Å². The maximum absolute atomic E-state index is 9.34. The first-order valence-electron chi connectivity index (χ1n) is 7.22. The Morgan fingerprint density at radius 1 is 1.42 bits per heavy atom. The molecule has 1 aromatic carbocycles. The fraction of sp³-hybridized carbons (Fsp3) is 0.562. The quantitative estimate of drug-likeness (QED) is 0.796. The van der Waals surface area contributed by atoms with Gasteiger partial charge < -0.3 is 10.2 Å². The van der Waals surface area contributed by atoms with E-state index in [0.29, 0.717) is 6.04 Å². The molecule has 19 heavy (non-hydrogen) atoms. The maximum Gasteiger partial charge on any atom is 0.101 e. The van der Waals surface area contributed by atoms with Gasteiger partial charge >= 0.3 is 0 Å². The van der Waals surface area contributed by atoms with E-state index in [1.54, 1.807) is 0 Å². The van der Waals surface area contributed by atoms with Crippen molar-refractivity contribution in [2.24, 2.45) is 0 Å². The lowest BCUT2D eigenvalue weighted by Gasteiger charge is -2.36. The van der Waals surface area contributed by atoms with Crippen LogP contribution in [-0.4, -0.2) is 19.6 Å². The molecule has 102 valence electrons. The van der Waals surface area contributed by atoms with Crippen molar-refractivity contribution in [2.75, 3.05) is 18.5 Å². The van der Waals surface area contributed by atoms with Crippen LogP contribution in [0.15, 0.2) is 18.2 Å². The van der Waals surface area contributed by atoms with Gasteiger partial charge in [0.1, 0.15) is 6.07 Å². The fourth-order valence-corrected chi connectivity index (χ4v) is 2.47. The molecule has 3 nitrogen and oxygen atoms in total. The second-order valence-electron chi connectivity index (χ2n) is 5.34. The van der Waals surface area contributed by atoms with E-state index in [-0.39, 0.29) is 0 Å². The first-order valence-corrected chi connectivity index (χ1v) is 7.22. The van der Waals surface area contributed by atoms with Crippen molar-refractivity contribution in [1.29, 1.82) is 5.26 Å². The largest absolute Gasteiger partial charge is 0.371 e. The number of nitrogens with zero attached hydrogens (tertiary/aromatic N) is 2. The van der Waals surface area contributed by atoms with E-state index in [2.05, 4.69) is 42.4 Å². The lowest BCUT2D eigenvalue weighted by Crippen LogP contribution is -2.37. The van der Waals surface area contributed by atoms with Gasteiger partial charge in [-0.05, 0) is 49.9 Å². The summed E-state index contributed by atoms with van der Waals surface area (Å²) in [4.78, 5) is 2.27. The van der Waals surface area contributed by atoms with Gasteiger partial charge in [0, 0.05) is 19.6 Å². The SMILES string of the molecule is CCCNCc1ccc(N(C)C2CCC2)c(C#N)c1. The highest BCUT2D eigenvalue weighted by molar-refractivity contribution is 5.60. The molecule has 0 unspecified atom stereocenters. The molecule has 1 aliphatic rings. The molecular weight excluding hydrogens is 234 g/mol. The van der Waals surface area contributed by atoms with Gasteiger partial charge in [-0.1, -0.05) is 13.0 Å². The molecule has 0 amide bonds. The Morgan fingerprint density at radius 3 is 2.79 bits per heavy atom. The van der Waals surface area contributed by atoms with Gasteiger partial charge in [0.15, 0.2) is 0 Å². The van der Waals surface area contributed by atoms with Crippen molar-refractivity contribution < 1.29 is 0 Å². The van der Waals surface area contributed by atoms with Crippen molar-refractivity contribution in [2.45, 2.75) is 45.2 Å². The summed E-state index contributed by atoms with van der Waals surface area (Å²) < 4.78 is 0. The lowest BCUT2D eigenvalue weighted by molar-refractivity contribution is 0.401. The Hall–Kier alpha value is -1.53. The van der Waals surface area contributed by atoms with Crippen LogP contribution in [0.5, 0.6) is 0 Å².